The summed E-state index contributed by atoms with van der Waals surface area (Å²) in [5, 5.41) is 0. The van der Waals surface area contributed by atoms with Crippen LogP contribution in [0.4, 0.5) is 0 Å². The maximum Gasteiger partial charge on any atom is 0.120 e. The molecule has 2 aliphatic carbocycles. The Kier molecular flexibility index (Phi) is 1.97. The molecule has 0 aromatic carbocycles. The Balaban J connectivity index is 1.89. The lowest BCUT2D eigenvalue weighted by molar-refractivity contribution is -0.108. The van der Waals surface area contributed by atoms with Gasteiger partial charge in [-0.3, -0.25) is 0 Å². The van der Waals surface area contributed by atoms with E-state index in [0.29, 0.717) is 0 Å². The molecule has 2 fully saturated rings. The Morgan fingerprint density at radius 2 is 1.82 bits per heavy atom. The Bertz CT molecular complexity index is 141. The van der Waals surface area contributed by atoms with Gasteiger partial charge in [-0.15, -0.1) is 0 Å². The highest BCUT2D eigenvalue weighted by molar-refractivity contribution is 5.49. The molecule has 1 heteroatoms. The normalized spacial score (nSPS) is 37.5. The maximum atomic E-state index is 10.3. The second-order valence-corrected chi connectivity index (χ2v) is 4.19. The van der Waals surface area contributed by atoms with Crippen LogP contribution in [0, 0.1) is 17.8 Å². The molecule has 62 valence electrons. The van der Waals surface area contributed by atoms with Gasteiger partial charge in [-0.25, -0.2) is 0 Å². The van der Waals surface area contributed by atoms with E-state index in [1.807, 2.05) is 0 Å². The second-order valence-electron chi connectivity index (χ2n) is 4.19. The van der Waals surface area contributed by atoms with Gasteiger partial charge in [0.2, 0.25) is 0 Å². The highest BCUT2D eigenvalue weighted by Crippen LogP contribution is 2.47. The number of carbonyl (C=O) groups excluding carboxylic acids is 1. The fourth-order valence-electron chi connectivity index (χ4n) is 3.02. The topological polar surface area (TPSA) is 17.1 Å². The maximum absolute atomic E-state index is 10.3. The molecule has 0 heterocycles. The Morgan fingerprint density at radius 1 is 1.18 bits per heavy atom. The molecule has 2 atom stereocenters. The molecule has 0 radical (unpaired) electrons. The van der Waals surface area contributed by atoms with E-state index < -0.39 is 0 Å². The van der Waals surface area contributed by atoms with Crippen LogP contribution in [0.25, 0.3) is 0 Å². The van der Waals surface area contributed by atoms with Gasteiger partial charge >= 0.3 is 0 Å². The molecule has 0 unspecified atom stereocenters. The first kappa shape index (κ1) is 7.33. The minimum absolute atomic E-state index is 0.753. The summed E-state index contributed by atoms with van der Waals surface area (Å²) in [5.41, 5.74) is 0. The molecule has 0 aliphatic heterocycles. The lowest BCUT2D eigenvalue weighted by atomic mass is 10.0. The molecule has 0 saturated heterocycles. The van der Waals surface area contributed by atoms with Gasteiger partial charge in [0.05, 0.1) is 0 Å². The third-order valence-electron chi connectivity index (χ3n) is 3.52. The number of fused-ring (bicyclic) bond motifs is 1. The molecule has 0 aromatic heterocycles. The third-order valence-corrected chi connectivity index (χ3v) is 3.52. The number of hydrogen-bond donors (Lipinski definition) is 0. The summed E-state index contributed by atoms with van der Waals surface area (Å²) in [6.45, 7) is 0. The van der Waals surface area contributed by atoms with E-state index in [4.69, 9.17) is 0 Å². The van der Waals surface area contributed by atoms with Crippen molar-refractivity contribution in [3.8, 4) is 0 Å². The van der Waals surface area contributed by atoms with Crippen molar-refractivity contribution in [1.29, 1.82) is 0 Å². The van der Waals surface area contributed by atoms with Crippen LogP contribution in [0.3, 0.4) is 0 Å². The minimum atomic E-state index is 0.753. The molecule has 0 bridgehead atoms. The zero-order chi connectivity index (χ0) is 7.68. The average molecular weight is 152 g/mol. The highest BCUT2D eigenvalue weighted by atomic mass is 16.1. The van der Waals surface area contributed by atoms with E-state index in [1.54, 1.807) is 0 Å². The van der Waals surface area contributed by atoms with Crippen LogP contribution < -0.4 is 0 Å². The summed E-state index contributed by atoms with van der Waals surface area (Å²) in [6.07, 6.45) is 8.97. The van der Waals surface area contributed by atoms with Crippen LogP contribution in [-0.4, -0.2) is 6.29 Å². The summed E-state index contributed by atoms with van der Waals surface area (Å²) in [5.74, 6) is 2.75. The zero-order valence-corrected chi connectivity index (χ0v) is 6.96. The summed E-state index contributed by atoms with van der Waals surface area (Å²) in [7, 11) is 0. The summed E-state index contributed by atoms with van der Waals surface area (Å²) < 4.78 is 0. The summed E-state index contributed by atoms with van der Waals surface area (Å²) >= 11 is 0. The molecule has 0 amide bonds. The van der Waals surface area contributed by atoms with Crippen molar-refractivity contribution in [2.75, 3.05) is 0 Å². The largest absolute Gasteiger partial charge is 0.303 e. The van der Waals surface area contributed by atoms with Crippen LogP contribution in [-0.2, 0) is 4.79 Å². The zero-order valence-electron chi connectivity index (χ0n) is 6.96. The molecular formula is C10H16O. The van der Waals surface area contributed by atoms with Gasteiger partial charge in [-0.05, 0) is 30.6 Å². The van der Waals surface area contributed by atoms with Gasteiger partial charge in [-0.2, -0.15) is 0 Å². The van der Waals surface area contributed by atoms with Gasteiger partial charge in [0, 0.05) is 6.42 Å². The van der Waals surface area contributed by atoms with Crippen molar-refractivity contribution in [1.82, 2.24) is 0 Å². The van der Waals surface area contributed by atoms with Gasteiger partial charge < -0.3 is 4.79 Å². The van der Waals surface area contributed by atoms with Crippen LogP contribution in [0.15, 0.2) is 0 Å². The van der Waals surface area contributed by atoms with E-state index in [2.05, 4.69) is 0 Å². The van der Waals surface area contributed by atoms with E-state index >= 15 is 0 Å². The van der Waals surface area contributed by atoms with Crippen LogP contribution in [0.2, 0.25) is 0 Å². The van der Waals surface area contributed by atoms with E-state index in [1.165, 1.54) is 32.1 Å². The van der Waals surface area contributed by atoms with Gasteiger partial charge in [0.1, 0.15) is 6.29 Å². The lowest BCUT2D eigenvalue weighted by Crippen LogP contribution is -1.95. The van der Waals surface area contributed by atoms with Crippen LogP contribution in [0.5, 0.6) is 0 Å². The Labute approximate surface area is 68.2 Å². The van der Waals surface area contributed by atoms with Crippen molar-refractivity contribution in [2.24, 2.45) is 17.8 Å². The fourth-order valence-corrected chi connectivity index (χ4v) is 3.02. The van der Waals surface area contributed by atoms with Crippen molar-refractivity contribution >= 4 is 6.29 Å². The lowest BCUT2D eigenvalue weighted by Gasteiger charge is -2.04. The van der Waals surface area contributed by atoms with Crippen molar-refractivity contribution < 1.29 is 4.79 Å². The Hall–Kier alpha value is -0.330. The average Bonchev–Trinajstić information content (AvgIpc) is 2.46. The molecule has 0 aromatic rings. The minimum Gasteiger partial charge on any atom is -0.303 e. The van der Waals surface area contributed by atoms with Gasteiger partial charge in [0.25, 0.3) is 0 Å². The third kappa shape index (κ3) is 1.33. The van der Waals surface area contributed by atoms with Gasteiger partial charge in [0.15, 0.2) is 0 Å². The fraction of sp³-hybridized carbons (Fsp3) is 0.900. The summed E-state index contributed by atoms with van der Waals surface area (Å²) in [6, 6.07) is 0. The highest BCUT2D eigenvalue weighted by Gasteiger charge is 2.36. The molecule has 1 nitrogen and oxygen atoms in total. The molecule has 11 heavy (non-hydrogen) atoms. The first-order chi connectivity index (χ1) is 5.40. The first-order valence-electron chi connectivity index (χ1n) is 4.84. The first-order valence-corrected chi connectivity index (χ1v) is 4.84. The van der Waals surface area contributed by atoms with Crippen molar-refractivity contribution in [3.05, 3.63) is 0 Å². The van der Waals surface area contributed by atoms with Crippen molar-refractivity contribution in [2.45, 2.75) is 38.5 Å². The van der Waals surface area contributed by atoms with Gasteiger partial charge in [-0.1, -0.05) is 19.3 Å². The molecule has 0 spiro atoms. The molecular weight excluding hydrogens is 136 g/mol. The van der Waals surface area contributed by atoms with Crippen LogP contribution >= 0.6 is 0 Å². The standard InChI is InChI=1S/C10H16O/c11-5-4-8-6-9-2-1-3-10(9)7-8/h5,8-10H,1-4,6-7H2/t9-,10-/m1/s1. The second kappa shape index (κ2) is 2.96. The molecule has 0 N–H and O–H groups in total. The predicted molar refractivity (Wildman–Crippen MR) is 44.2 cm³/mol. The van der Waals surface area contributed by atoms with E-state index in [0.717, 1.165) is 30.5 Å². The quantitative estimate of drug-likeness (QED) is 0.555. The molecule has 2 aliphatic rings. The number of rotatable bonds is 2. The smallest absolute Gasteiger partial charge is 0.120 e. The predicted octanol–water partition coefficient (Wildman–Crippen LogP) is 2.40. The number of hydrogen-bond acceptors (Lipinski definition) is 1. The van der Waals surface area contributed by atoms with E-state index in [-0.39, 0.29) is 0 Å². The summed E-state index contributed by atoms with van der Waals surface area (Å²) in [4.78, 5) is 10.3. The van der Waals surface area contributed by atoms with Crippen LogP contribution in [0.1, 0.15) is 38.5 Å². The number of aldehydes is 1. The molecule has 2 rings (SSSR count). The monoisotopic (exact) mass is 152 g/mol. The van der Waals surface area contributed by atoms with E-state index in [9.17, 15) is 4.79 Å². The van der Waals surface area contributed by atoms with Crippen molar-refractivity contribution in [3.63, 3.8) is 0 Å². The Morgan fingerprint density at radius 3 is 2.36 bits per heavy atom. The SMILES string of the molecule is O=CCC1C[C@H]2CCC[C@@H]2C1. The number of carbonyl (C=O) groups is 1. The molecule has 2 saturated carbocycles.